The fourth-order valence-electron chi connectivity index (χ4n) is 2.20. The maximum absolute atomic E-state index is 13.7. The van der Waals surface area contributed by atoms with Gasteiger partial charge in [-0.3, -0.25) is 4.79 Å². The molecule has 2 aromatic carbocycles. The van der Waals surface area contributed by atoms with Crippen LogP contribution < -0.4 is 5.32 Å². The molecule has 0 spiro atoms. The molecule has 0 aliphatic carbocycles. The van der Waals surface area contributed by atoms with Gasteiger partial charge in [-0.2, -0.15) is 0 Å². The van der Waals surface area contributed by atoms with Crippen LogP contribution in [0.5, 0.6) is 0 Å². The molecular formula is C19H18FNO3. The van der Waals surface area contributed by atoms with Gasteiger partial charge in [0.05, 0.1) is 0 Å². The summed E-state index contributed by atoms with van der Waals surface area (Å²) in [6.07, 6.45) is 2.63. The molecule has 2 N–H and O–H groups in total. The van der Waals surface area contributed by atoms with Gasteiger partial charge in [-0.1, -0.05) is 42.5 Å². The van der Waals surface area contributed by atoms with Crippen molar-refractivity contribution < 1.29 is 19.1 Å². The van der Waals surface area contributed by atoms with Crippen LogP contribution in [0.3, 0.4) is 0 Å². The highest BCUT2D eigenvalue weighted by Gasteiger charge is 2.19. The molecule has 0 saturated heterocycles. The number of nitrogens with one attached hydrogen (secondary N) is 1. The number of hydrogen-bond acceptors (Lipinski definition) is 2. The molecule has 0 aliphatic heterocycles. The highest BCUT2D eigenvalue weighted by Crippen LogP contribution is 2.11. The van der Waals surface area contributed by atoms with Crippen molar-refractivity contribution in [1.82, 2.24) is 5.32 Å². The van der Waals surface area contributed by atoms with Gasteiger partial charge in [0.25, 0.3) is 0 Å². The first-order chi connectivity index (χ1) is 11.5. The van der Waals surface area contributed by atoms with Crippen molar-refractivity contribution in [3.63, 3.8) is 0 Å². The summed E-state index contributed by atoms with van der Waals surface area (Å²) in [6.45, 7) is 1.77. The van der Waals surface area contributed by atoms with E-state index in [1.54, 1.807) is 43.3 Å². The van der Waals surface area contributed by atoms with Crippen LogP contribution in [0.2, 0.25) is 0 Å². The van der Waals surface area contributed by atoms with Crippen molar-refractivity contribution >= 4 is 18.0 Å². The molecular weight excluding hydrogens is 309 g/mol. The Hall–Kier alpha value is -2.95. The SMILES string of the molecule is Cc1ccc(/C=C/C(=O)N[C@@H](Cc2ccccc2)C(=O)O)c(F)c1. The minimum Gasteiger partial charge on any atom is -0.480 e. The van der Waals surface area contributed by atoms with E-state index in [2.05, 4.69) is 5.32 Å². The van der Waals surface area contributed by atoms with Gasteiger partial charge in [0.2, 0.25) is 5.91 Å². The van der Waals surface area contributed by atoms with Gasteiger partial charge < -0.3 is 10.4 Å². The summed E-state index contributed by atoms with van der Waals surface area (Å²) in [5.74, 6) is -2.14. The van der Waals surface area contributed by atoms with E-state index in [0.717, 1.165) is 17.2 Å². The number of benzene rings is 2. The minimum atomic E-state index is -1.12. The molecule has 2 aromatic rings. The lowest BCUT2D eigenvalue weighted by molar-refractivity contribution is -0.141. The second kappa shape index (κ2) is 8.06. The highest BCUT2D eigenvalue weighted by molar-refractivity contribution is 5.94. The molecule has 0 saturated carbocycles. The van der Waals surface area contributed by atoms with Gasteiger partial charge in [-0.15, -0.1) is 0 Å². The lowest BCUT2D eigenvalue weighted by Gasteiger charge is -2.13. The number of carboxylic acids is 1. The molecule has 5 heteroatoms. The van der Waals surface area contributed by atoms with E-state index in [9.17, 15) is 19.1 Å². The third kappa shape index (κ3) is 5.05. The molecule has 0 heterocycles. The second-order valence-corrected chi connectivity index (χ2v) is 5.45. The molecule has 24 heavy (non-hydrogen) atoms. The Morgan fingerprint density at radius 1 is 1.21 bits per heavy atom. The fraction of sp³-hybridized carbons (Fsp3) is 0.158. The molecule has 2 rings (SSSR count). The fourth-order valence-corrected chi connectivity index (χ4v) is 2.20. The Morgan fingerprint density at radius 3 is 2.54 bits per heavy atom. The Balaban J connectivity index is 2.02. The molecule has 1 atom stereocenters. The number of carboxylic acid groups (broad SMARTS) is 1. The van der Waals surface area contributed by atoms with Crippen LogP contribution >= 0.6 is 0 Å². The summed E-state index contributed by atoms with van der Waals surface area (Å²) in [5.41, 5.74) is 1.85. The van der Waals surface area contributed by atoms with Crippen LogP contribution in [0, 0.1) is 12.7 Å². The molecule has 0 radical (unpaired) electrons. The van der Waals surface area contributed by atoms with Crippen LogP contribution in [-0.4, -0.2) is 23.0 Å². The standard InChI is InChI=1S/C19H18FNO3/c1-13-7-8-15(16(20)11-13)9-10-18(22)21-17(19(23)24)12-14-5-3-2-4-6-14/h2-11,17H,12H2,1H3,(H,21,22)(H,23,24)/b10-9+/t17-/m0/s1. The maximum atomic E-state index is 13.7. The van der Waals surface area contributed by atoms with Crippen molar-refractivity contribution in [1.29, 1.82) is 0 Å². The number of halogens is 1. The average Bonchev–Trinajstić information content (AvgIpc) is 2.54. The molecule has 0 aromatic heterocycles. The number of hydrogen-bond donors (Lipinski definition) is 2. The van der Waals surface area contributed by atoms with Gasteiger partial charge in [-0.25, -0.2) is 9.18 Å². The summed E-state index contributed by atoms with van der Waals surface area (Å²) < 4.78 is 13.7. The maximum Gasteiger partial charge on any atom is 0.326 e. The van der Waals surface area contributed by atoms with E-state index in [0.29, 0.717) is 0 Å². The van der Waals surface area contributed by atoms with E-state index in [4.69, 9.17) is 0 Å². The zero-order valence-corrected chi connectivity index (χ0v) is 13.2. The predicted octanol–water partition coefficient (Wildman–Crippen LogP) is 2.96. The second-order valence-electron chi connectivity index (χ2n) is 5.45. The number of rotatable bonds is 6. The first-order valence-corrected chi connectivity index (χ1v) is 7.47. The summed E-state index contributed by atoms with van der Waals surface area (Å²) in [6, 6.07) is 12.6. The molecule has 124 valence electrons. The van der Waals surface area contributed by atoms with Crippen LogP contribution in [0.25, 0.3) is 6.08 Å². The molecule has 1 amide bonds. The number of aliphatic carboxylic acids is 1. The van der Waals surface area contributed by atoms with Gasteiger partial charge in [-0.05, 0) is 30.2 Å². The first kappa shape index (κ1) is 17.4. The van der Waals surface area contributed by atoms with Crippen LogP contribution in [0.15, 0.2) is 54.6 Å². The van der Waals surface area contributed by atoms with Gasteiger partial charge >= 0.3 is 5.97 Å². The largest absolute Gasteiger partial charge is 0.480 e. The van der Waals surface area contributed by atoms with Gasteiger partial charge in [0.15, 0.2) is 0 Å². The van der Waals surface area contributed by atoms with Crippen molar-refractivity contribution in [2.45, 2.75) is 19.4 Å². The monoisotopic (exact) mass is 327 g/mol. The average molecular weight is 327 g/mol. The lowest BCUT2D eigenvalue weighted by Crippen LogP contribution is -2.41. The molecule has 0 aliphatic rings. The zero-order valence-electron chi connectivity index (χ0n) is 13.2. The quantitative estimate of drug-likeness (QED) is 0.802. The number of carbonyl (C=O) groups excluding carboxylic acids is 1. The lowest BCUT2D eigenvalue weighted by atomic mass is 10.1. The zero-order chi connectivity index (χ0) is 17.5. The van der Waals surface area contributed by atoms with Crippen molar-refractivity contribution in [2.75, 3.05) is 0 Å². The van der Waals surface area contributed by atoms with Crippen LogP contribution in [-0.2, 0) is 16.0 Å². The Labute approximate surface area is 139 Å². The predicted molar refractivity (Wildman–Crippen MR) is 89.9 cm³/mol. The molecule has 4 nitrogen and oxygen atoms in total. The smallest absolute Gasteiger partial charge is 0.326 e. The normalized spacial score (nSPS) is 12.1. The summed E-state index contributed by atoms with van der Waals surface area (Å²) in [4.78, 5) is 23.2. The Kier molecular flexibility index (Phi) is 5.84. The number of aryl methyl sites for hydroxylation is 1. The first-order valence-electron chi connectivity index (χ1n) is 7.47. The van der Waals surface area contributed by atoms with E-state index in [-0.39, 0.29) is 12.0 Å². The number of amides is 1. The Bertz CT molecular complexity index is 756. The van der Waals surface area contributed by atoms with Crippen molar-refractivity contribution in [2.24, 2.45) is 0 Å². The van der Waals surface area contributed by atoms with E-state index in [1.165, 1.54) is 12.1 Å². The third-order valence-corrected chi connectivity index (χ3v) is 3.47. The topological polar surface area (TPSA) is 66.4 Å². The third-order valence-electron chi connectivity index (χ3n) is 3.47. The molecule has 0 unspecified atom stereocenters. The van der Waals surface area contributed by atoms with Gasteiger partial charge in [0, 0.05) is 18.1 Å². The number of carbonyl (C=O) groups is 2. The summed E-state index contributed by atoms with van der Waals surface area (Å²) in [7, 11) is 0. The molecule has 0 bridgehead atoms. The van der Waals surface area contributed by atoms with Crippen molar-refractivity contribution in [3.8, 4) is 0 Å². The summed E-state index contributed by atoms with van der Waals surface area (Å²) in [5, 5.41) is 11.7. The van der Waals surface area contributed by atoms with E-state index < -0.39 is 23.7 Å². The Morgan fingerprint density at radius 2 is 1.92 bits per heavy atom. The van der Waals surface area contributed by atoms with Crippen LogP contribution in [0.1, 0.15) is 16.7 Å². The van der Waals surface area contributed by atoms with E-state index in [1.807, 2.05) is 6.07 Å². The minimum absolute atomic E-state index is 0.175. The molecule has 0 fully saturated rings. The van der Waals surface area contributed by atoms with Gasteiger partial charge in [0.1, 0.15) is 11.9 Å². The van der Waals surface area contributed by atoms with Crippen molar-refractivity contribution in [3.05, 3.63) is 77.1 Å². The highest BCUT2D eigenvalue weighted by atomic mass is 19.1. The van der Waals surface area contributed by atoms with Crippen LogP contribution in [0.4, 0.5) is 4.39 Å². The summed E-state index contributed by atoms with van der Waals surface area (Å²) >= 11 is 0. The van der Waals surface area contributed by atoms with E-state index >= 15 is 0 Å².